The van der Waals surface area contributed by atoms with Crippen molar-refractivity contribution in [3.05, 3.63) is 54.1 Å². The molecule has 0 bridgehead atoms. The highest BCUT2D eigenvalue weighted by Crippen LogP contribution is 2.34. The topological polar surface area (TPSA) is 46.5 Å². The molecule has 3 heteroatoms. The quantitative estimate of drug-likeness (QED) is 0.808. The van der Waals surface area contributed by atoms with Crippen molar-refractivity contribution in [3.8, 4) is 5.75 Å². The Labute approximate surface area is 100 Å². The predicted octanol–water partition coefficient (Wildman–Crippen LogP) is 2.53. The van der Waals surface area contributed by atoms with Crippen molar-refractivity contribution >= 4 is 5.97 Å². The number of aliphatic carboxylic acids is 1. The summed E-state index contributed by atoms with van der Waals surface area (Å²) in [6.45, 7) is 3.97. The molecular weight excluding hydrogens is 216 g/mol. The van der Waals surface area contributed by atoms with Crippen LogP contribution in [0.2, 0.25) is 0 Å². The fourth-order valence-electron chi connectivity index (χ4n) is 2.03. The molecule has 1 aromatic rings. The summed E-state index contributed by atoms with van der Waals surface area (Å²) in [6, 6.07) is 5.63. The number of carboxylic acids is 1. The van der Waals surface area contributed by atoms with E-state index in [1.54, 1.807) is 18.2 Å². The number of rotatable bonds is 4. The maximum absolute atomic E-state index is 11.2. The number of carboxylic acid groups (broad SMARTS) is 1. The van der Waals surface area contributed by atoms with E-state index in [0.29, 0.717) is 12.4 Å². The summed E-state index contributed by atoms with van der Waals surface area (Å²) >= 11 is 0. The molecule has 0 aliphatic heterocycles. The average Bonchev–Trinajstić information content (AvgIpc) is 2.35. The standard InChI is InChI=1S/C14H14O3/c1-2-9-17-12-8-4-6-10-5-3-7-11(13(10)12)14(15)16/h2-4,6-8,11H,1,5,9H2,(H,15,16). The molecule has 17 heavy (non-hydrogen) atoms. The molecule has 3 nitrogen and oxygen atoms in total. The second-order valence-electron chi connectivity index (χ2n) is 3.88. The van der Waals surface area contributed by atoms with E-state index in [2.05, 4.69) is 6.58 Å². The lowest BCUT2D eigenvalue weighted by Gasteiger charge is -2.21. The largest absolute Gasteiger partial charge is 0.489 e. The maximum Gasteiger partial charge on any atom is 0.315 e. The summed E-state index contributed by atoms with van der Waals surface area (Å²) in [5.74, 6) is -0.823. The van der Waals surface area contributed by atoms with E-state index in [4.69, 9.17) is 4.74 Å². The minimum absolute atomic E-state index is 0.381. The smallest absolute Gasteiger partial charge is 0.315 e. The molecule has 0 amide bonds. The van der Waals surface area contributed by atoms with Crippen LogP contribution < -0.4 is 4.74 Å². The molecule has 2 rings (SSSR count). The van der Waals surface area contributed by atoms with Crippen LogP contribution in [-0.2, 0) is 11.2 Å². The molecule has 1 aliphatic carbocycles. The van der Waals surface area contributed by atoms with Crippen LogP contribution in [0.25, 0.3) is 0 Å². The van der Waals surface area contributed by atoms with E-state index in [1.807, 2.05) is 18.2 Å². The van der Waals surface area contributed by atoms with Gasteiger partial charge in [-0.15, -0.1) is 0 Å². The number of hydrogen-bond acceptors (Lipinski definition) is 2. The van der Waals surface area contributed by atoms with Gasteiger partial charge in [-0.05, 0) is 18.1 Å². The van der Waals surface area contributed by atoms with Crippen LogP contribution in [0.4, 0.5) is 0 Å². The first kappa shape index (κ1) is 11.5. The molecular formula is C14H14O3. The van der Waals surface area contributed by atoms with Crippen LogP contribution >= 0.6 is 0 Å². The van der Waals surface area contributed by atoms with Gasteiger partial charge in [0.05, 0.1) is 0 Å². The van der Waals surface area contributed by atoms with E-state index in [0.717, 1.165) is 17.5 Å². The number of carbonyl (C=O) groups is 1. The molecule has 0 saturated carbocycles. The van der Waals surface area contributed by atoms with E-state index in [-0.39, 0.29) is 0 Å². The number of fused-ring (bicyclic) bond motifs is 1. The van der Waals surface area contributed by atoms with Crippen LogP contribution in [-0.4, -0.2) is 17.7 Å². The lowest BCUT2D eigenvalue weighted by atomic mass is 9.87. The number of allylic oxidation sites excluding steroid dienone is 1. The third-order valence-electron chi connectivity index (χ3n) is 2.76. The van der Waals surface area contributed by atoms with Crippen molar-refractivity contribution in [1.29, 1.82) is 0 Å². The number of ether oxygens (including phenoxy) is 1. The first-order valence-corrected chi connectivity index (χ1v) is 5.49. The third-order valence-corrected chi connectivity index (χ3v) is 2.76. The highest BCUT2D eigenvalue weighted by molar-refractivity contribution is 5.81. The zero-order valence-corrected chi connectivity index (χ0v) is 9.43. The van der Waals surface area contributed by atoms with E-state index >= 15 is 0 Å². The Balaban J connectivity index is 2.43. The monoisotopic (exact) mass is 230 g/mol. The Morgan fingerprint density at radius 2 is 2.41 bits per heavy atom. The number of benzene rings is 1. The lowest BCUT2D eigenvalue weighted by molar-refractivity contribution is -0.137. The van der Waals surface area contributed by atoms with Gasteiger partial charge in [-0.25, -0.2) is 0 Å². The summed E-state index contributed by atoms with van der Waals surface area (Å²) in [4.78, 5) is 11.2. The van der Waals surface area contributed by atoms with Crippen LogP contribution in [0.1, 0.15) is 17.0 Å². The van der Waals surface area contributed by atoms with E-state index in [1.165, 1.54) is 0 Å². The minimum Gasteiger partial charge on any atom is -0.489 e. The van der Waals surface area contributed by atoms with Gasteiger partial charge in [-0.2, -0.15) is 0 Å². The van der Waals surface area contributed by atoms with Gasteiger partial charge in [0.15, 0.2) is 0 Å². The molecule has 1 N–H and O–H groups in total. The Morgan fingerprint density at radius 1 is 1.59 bits per heavy atom. The zero-order valence-electron chi connectivity index (χ0n) is 9.43. The SMILES string of the molecule is C=CCOc1cccc2c1C(C(=O)O)C=CC2. The molecule has 0 fully saturated rings. The van der Waals surface area contributed by atoms with Crippen LogP contribution in [0, 0.1) is 0 Å². The van der Waals surface area contributed by atoms with Gasteiger partial charge in [-0.1, -0.05) is 36.9 Å². The number of hydrogen-bond donors (Lipinski definition) is 1. The molecule has 88 valence electrons. The maximum atomic E-state index is 11.2. The highest BCUT2D eigenvalue weighted by atomic mass is 16.5. The molecule has 1 atom stereocenters. The summed E-state index contributed by atoms with van der Waals surface area (Å²) in [5.41, 5.74) is 1.78. The molecule has 0 spiro atoms. The third kappa shape index (κ3) is 2.23. The molecule has 1 unspecified atom stereocenters. The van der Waals surface area contributed by atoms with Crippen LogP contribution in [0.3, 0.4) is 0 Å². The Morgan fingerprint density at radius 3 is 3.12 bits per heavy atom. The first-order valence-electron chi connectivity index (χ1n) is 5.49. The molecule has 1 aromatic carbocycles. The molecule has 1 aliphatic rings. The van der Waals surface area contributed by atoms with Crippen molar-refractivity contribution in [2.45, 2.75) is 12.3 Å². The average molecular weight is 230 g/mol. The van der Waals surface area contributed by atoms with Gasteiger partial charge in [0.25, 0.3) is 0 Å². The van der Waals surface area contributed by atoms with Crippen molar-refractivity contribution in [2.75, 3.05) is 6.61 Å². The van der Waals surface area contributed by atoms with Gasteiger partial charge >= 0.3 is 5.97 Å². The lowest BCUT2D eigenvalue weighted by Crippen LogP contribution is -2.15. The summed E-state index contributed by atoms with van der Waals surface area (Å²) < 4.78 is 5.52. The van der Waals surface area contributed by atoms with Crippen molar-refractivity contribution < 1.29 is 14.6 Å². The van der Waals surface area contributed by atoms with Crippen LogP contribution in [0.15, 0.2) is 43.0 Å². The van der Waals surface area contributed by atoms with E-state index < -0.39 is 11.9 Å². The minimum atomic E-state index is -0.850. The van der Waals surface area contributed by atoms with E-state index in [9.17, 15) is 9.90 Å². The Hall–Kier alpha value is -2.03. The van der Waals surface area contributed by atoms with Gasteiger partial charge in [0.1, 0.15) is 18.3 Å². The molecule has 0 radical (unpaired) electrons. The normalized spacial score (nSPS) is 17.3. The van der Waals surface area contributed by atoms with Crippen LogP contribution in [0.5, 0.6) is 5.75 Å². The summed E-state index contributed by atoms with van der Waals surface area (Å²) in [7, 11) is 0. The predicted molar refractivity (Wildman–Crippen MR) is 65.4 cm³/mol. The Bertz CT molecular complexity index is 474. The zero-order chi connectivity index (χ0) is 12.3. The van der Waals surface area contributed by atoms with Gasteiger partial charge in [-0.3, -0.25) is 4.79 Å². The van der Waals surface area contributed by atoms with Gasteiger partial charge in [0.2, 0.25) is 0 Å². The molecule has 0 aromatic heterocycles. The first-order chi connectivity index (χ1) is 8.24. The van der Waals surface area contributed by atoms with Gasteiger partial charge in [0, 0.05) is 5.56 Å². The van der Waals surface area contributed by atoms with Crippen molar-refractivity contribution in [2.24, 2.45) is 0 Å². The Kier molecular flexibility index (Phi) is 3.28. The fraction of sp³-hybridized carbons (Fsp3) is 0.214. The fourth-order valence-corrected chi connectivity index (χ4v) is 2.03. The second-order valence-corrected chi connectivity index (χ2v) is 3.88. The second kappa shape index (κ2) is 4.87. The van der Waals surface area contributed by atoms with Gasteiger partial charge < -0.3 is 9.84 Å². The molecule has 0 heterocycles. The summed E-state index contributed by atoms with van der Waals surface area (Å²) in [6.07, 6.45) is 6.00. The summed E-state index contributed by atoms with van der Waals surface area (Å²) in [5, 5.41) is 9.21. The van der Waals surface area contributed by atoms with Crippen molar-refractivity contribution in [3.63, 3.8) is 0 Å². The molecule has 0 saturated heterocycles. The highest BCUT2D eigenvalue weighted by Gasteiger charge is 2.25. The van der Waals surface area contributed by atoms with Crippen molar-refractivity contribution in [1.82, 2.24) is 0 Å².